The maximum Gasteiger partial charge on any atom is 0.246 e. The molecule has 126 valence electrons. The van der Waals surface area contributed by atoms with E-state index in [1.807, 2.05) is 43.3 Å². The van der Waals surface area contributed by atoms with Crippen molar-refractivity contribution in [1.29, 1.82) is 0 Å². The second-order valence-electron chi connectivity index (χ2n) is 5.65. The molecule has 1 atom stereocenters. The zero-order valence-corrected chi connectivity index (χ0v) is 14.3. The summed E-state index contributed by atoms with van der Waals surface area (Å²) in [4.78, 5) is 16.4. The molecule has 0 aliphatic rings. The van der Waals surface area contributed by atoms with E-state index in [0.717, 1.165) is 33.8 Å². The van der Waals surface area contributed by atoms with Crippen LogP contribution in [0, 0.1) is 0 Å². The minimum atomic E-state index is -0.108. The quantitative estimate of drug-likeness (QED) is 0.679. The number of aryl methyl sites for hydroxylation is 1. The SMILES string of the molecule is CC(CCc1ccco1)NC(=O)COCc1nc2ccccc2s1. The molecule has 1 aromatic carbocycles. The summed E-state index contributed by atoms with van der Waals surface area (Å²) < 4.78 is 11.9. The summed E-state index contributed by atoms with van der Waals surface area (Å²) in [5.74, 6) is 0.825. The lowest BCUT2D eigenvalue weighted by atomic mass is 10.1. The van der Waals surface area contributed by atoms with Gasteiger partial charge in [-0.2, -0.15) is 0 Å². The van der Waals surface area contributed by atoms with Gasteiger partial charge in [0.2, 0.25) is 5.91 Å². The minimum Gasteiger partial charge on any atom is -0.469 e. The van der Waals surface area contributed by atoms with Crippen LogP contribution in [0.4, 0.5) is 0 Å². The lowest BCUT2D eigenvalue weighted by Crippen LogP contribution is -2.35. The zero-order valence-electron chi connectivity index (χ0n) is 13.5. The molecular formula is C18H20N2O3S. The van der Waals surface area contributed by atoms with Crippen LogP contribution >= 0.6 is 11.3 Å². The van der Waals surface area contributed by atoms with Gasteiger partial charge in [0.05, 0.1) is 23.1 Å². The van der Waals surface area contributed by atoms with Crippen LogP contribution in [0.1, 0.15) is 24.1 Å². The van der Waals surface area contributed by atoms with Crippen molar-refractivity contribution >= 4 is 27.5 Å². The maximum atomic E-state index is 11.9. The number of rotatable bonds is 8. The van der Waals surface area contributed by atoms with Crippen molar-refractivity contribution in [2.24, 2.45) is 0 Å². The Kier molecular flexibility index (Phi) is 5.61. The molecule has 2 heterocycles. The number of nitrogens with one attached hydrogen (secondary N) is 1. The molecule has 0 saturated heterocycles. The summed E-state index contributed by atoms with van der Waals surface area (Å²) in [5, 5.41) is 3.82. The Bertz CT molecular complexity index is 750. The molecule has 1 N–H and O–H groups in total. The summed E-state index contributed by atoms with van der Waals surface area (Å²) >= 11 is 1.59. The Morgan fingerprint density at radius 2 is 2.21 bits per heavy atom. The Labute approximate surface area is 144 Å². The van der Waals surface area contributed by atoms with Gasteiger partial charge in [-0.05, 0) is 37.6 Å². The summed E-state index contributed by atoms with van der Waals surface area (Å²) in [6.45, 7) is 2.38. The van der Waals surface area contributed by atoms with Crippen molar-refractivity contribution < 1.29 is 13.9 Å². The number of hydrogen-bond acceptors (Lipinski definition) is 5. The van der Waals surface area contributed by atoms with Crippen molar-refractivity contribution in [1.82, 2.24) is 10.3 Å². The van der Waals surface area contributed by atoms with Gasteiger partial charge in [-0.15, -0.1) is 11.3 Å². The summed E-state index contributed by atoms with van der Waals surface area (Å²) in [7, 11) is 0. The number of carbonyl (C=O) groups excluding carboxylic acids is 1. The highest BCUT2D eigenvalue weighted by Crippen LogP contribution is 2.21. The number of hydrogen-bond donors (Lipinski definition) is 1. The number of nitrogens with zero attached hydrogens (tertiary/aromatic N) is 1. The summed E-state index contributed by atoms with van der Waals surface area (Å²) in [5.41, 5.74) is 0.970. The molecule has 5 nitrogen and oxygen atoms in total. The third-order valence-electron chi connectivity index (χ3n) is 3.61. The van der Waals surface area contributed by atoms with Gasteiger partial charge in [0.15, 0.2) is 0 Å². The molecule has 0 spiro atoms. The molecule has 1 amide bonds. The smallest absolute Gasteiger partial charge is 0.246 e. The average Bonchev–Trinajstić information content (AvgIpc) is 3.22. The Morgan fingerprint density at radius 1 is 1.33 bits per heavy atom. The van der Waals surface area contributed by atoms with Gasteiger partial charge in [0.25, 0.3) is 0 Å². The fourth-order valence-corrected chi connectivity index (χ4v) is 3.32. The lowest BCUT2D eigenvalue weighted by molar-refractivity contribution is -0.126. The number of benzene rings is 1. The van der Waals surface area contributed by atoms with Crippen molar-refractivity contribution in [3.8, 4) is 0 Å². The monoisotopic (exact) mass is 344 g/mol. The summed E-state index contributed by atoms with van der Waals surface area (Å²) in [6, 6.07) is 11.8. The van der Waals surface area contributed by atoms with Crippen molar-refractivity contribution in [3.63, 3.8) is 0 Å². The van der Waals surface area contributed by atoms with Crippen LogP contribution in [0.3, 0.4) is 0 Å². The van der Waals surface area contributed by atoms with E-state index in [-0.39, 0.29) is 18.6 Å². The van der Waals surface area contributed by atoms with Crippen LogP contribution in [0.2, 0.25) is 0 Å². The first-order chi connectivity index (χ1) is 11.7. The topological polar surface area (TPSA) is 64.4 Å². The van der Waals surface area contributed by atoms with Gasteiger partial charge in [-0.3, -0.25) is 4.79 Å². The first kappa shape index (κ1) is 16.7. The number of furan rings is 1. The predicted molar refractivity (Wildman–Crippen MR) is 93.9 cm³/mol. The van der Waals surface area contributed by atoms with Gasteiger partial charge in [0.1, 0.15) is 17.4 Å². The van der Waals surface area contributed by atoms with Crippen LogP contribution in [0.5, 0.6) is 0 Å². The molecule has 24 heavy (non-hydrogen) atoms. The zero-order chi connectivity index (χ0) is 16.8. The Balaban J connectivity index is 1.37. The molecule has 0 fully saturated rings. The highest BCUT2D eigenvalue weighted by Gasteiger charge is 2.09. The standard InChI is InChI=1S/C18H20N2O3S/c1-13(8-9-14-5-4-10-23-14)19-17(21)11-22-12-18-20-15-6-2-3-7-16(15)24-18/h2-7,10,13H,8-9,11-12H2,1H3,(H,19,21). The minimum absolute atomic E-state index is 0.0427. The van der Waals surface area contributed by atoms with E-state index in [9.17, 15) is 4.79 Å². The Hall–Kier alpha value is -2.18. The molecule has 0 bridgehead atoms. The third kappa shape index (κ3) is 4.66. The fourth-order valence-electron chi connectivity index (χ4n) is 2.41. The largest absolute Gasteiger partial charge is 0.469 e. The second-order valence-corrected chi connectivity index (χ2v) is 6.77. The van der Waals surface area contributed by atoms with E-state index in [4.69, 9.17) is 9.15 Å². The number of ether oxygens (including phenoxy) is 1. The number of carbonyl (C=O) groups is 1. The Morgan fingerprint density at radius 3 is 3.00 bits per heavy atom. The van der Waals surface area contributed by atoms with Crippen LogP contribution in [-0.2, 0) is 22.6 Å². The van der Waals surface area contributed by atoms with E-state index in [1.165, 1.54) is 0 Å². The molecule has 3 aromatic rings. The summed E-state index contributed by atoms with van der Waals surface area (Å²) in [6.07, 6.45) is 3.30. The van der Waals surface area contributed by atoms with Crippen LogP contribution < -0.4 is 5.32 Å². The van der Waals surface area contributed by atoms with Gasteiger partial charge >= 0.3 is 0 Å². The molecular weight excluding hydrogens is 324 g/mol. The van der Waals surface area contributed by atoms with Crippen LogP contribution in [-0.4, -0.2) is 23.5 Å². The van der Waals surface area contributed by atoms with Crippen molar-refractivity contribution in [2.75, 3.05) is 6.61 Å². The van der Waals surface area contributed by atoms with Crippen molar-refractivity contribution in [2.45, 2.75) is 32.4 Å². The van der Waals surface area contributed by atoms with Crippen LogP contribution in [0.15, 0.2) is 47.1 Å². The normalized spacial score (nSPS) is 12.4. The van der Waals surface area contributed by atoms with Crippen LogP contribution in [0.25, 0.3) is 10.2 Å². The van der Waals surface area contributed by atoms with Gasteiger partial charge < -0.3 is 14.5 Å². The van der Waals surface area contributed by atoms with E-state index >= 15 is 0 Å². The number of para-hydroxylation sites is 1. The average molecular weight is 344 g/mol. The number of aromatic nitrogens is 1. The fraction of sp³-hybridized carbons (Fsp3) is 0.333. The number of thiazole rings is 1. The maximum absolute atomic E-state index is 11.9. The molecule has 2 aromatic heterocycles. The molecule has 6 heteroatoms. The molecule has 1 unspecified atom stereocenters. The molecule has 0 aliphatic carbocycles. The molecule has 3 rings (SSSR count). The third-order valence-corrected chi connectivity index (χ3v) is 4.62. The molecule has 0 saturated carbocycles. The lowest BCUT2D eigenvalue weighted by Gasteiger charge is -2.13. The van der Waals surface area contributed by atoms with E-state index in [1.54, 1.807) is 17.6 Å². The van der Waals surface area contributed by atoms with Gasteiger partial charge in [0, 0.05) is 12.5 Å². The van der Waals surface area contributed by atoms with E-state index in [0.29, 0.717) is 6.61 Å². The molecule has 0 radical (unpaired) electrons. The highest BCUT2D eigenvalue weighted by molar-refractivity contribution is 7.18. The van der Waals surface area contributed by atoms with E-state index < -0.39 is 0 Å². The highest BCUT2D eigenvalue weighted by atomic mass is 32.1. The van der Waals surface area contributed by atoms with Gasteiger partial charge in [-0.25, -0.2) is 4.98 Å². The van der Waals surface area contributed by atoms with E-state index in [2.05, 4.69) is 10.3 Å². The first-order valence-corrected chi connectivity index (χ1v) is 8.76. The van der Waals surface area contributed by atoms with Gasteiger partial charge in [-0.1, -0.05) is 12.1 Å². The van der Waals surface area contributed by atoms with Crippen molar-refractivity contribution in [3.05, 3.63) is 53.4 Å². The predicted octanol–water partition coefficient (Wildman–Crippen LogP) is 3.54. The number of amides is 1. The first-order valence-electron chi connectivity index (χ1n) is 7.94. The second kappa shape index (κ2) is 8.08. The number of fused-ring (bicyclic) bond motifs is 1. The molecule has 0 aliphatic heterocycles.